The number of rotatable bonds is 3. The average molecular weight is 300 g/mol. The lowest BCUT2D eigenvalue weighted by Gasteiger charge is -2.24. The molecule has 1 atom stereocenters. The molecule has 0 radical (unpaired) electrons. The minimum Gasteiger partial charge on any atom is -0.344 e. The summed E-state index contributed by atoms with van der Waals surface area (Å²) in [6, 6.07) is 0.783. The zero-order chi connectivity index (χ0) is 15.6. The molecule has 0 spiro atoms. The Morgan fingerprint density at radius 2 is 1.86 bits per heavy atom. The molecular weight excluding hydrogens is 285 g/mol. The van der Waals surface area contributed by atoms with Crippen LogP contribution >= 0.6 is 0 Å². The number of nitrogens with zero attached hydrogens (tertiary/aromatic N) is 1. The highest BCUT2D eigenvalue weighted by atomic mass is 19.2. The number of anilines is 1. The van der Waals surface area contributed by atoms with E-state index in [-0.39, 0.29) is 24.6 Å². The van der Waals surface area contributed by atoms with Crippen LogP contribution < -0.4 is 10.2 Å². The predicted octanol–water partition coefficient (Wildman–Crippen LogP) is 2.13. The average Bonchev–Trinajstić information content (AvgIpc) is 2.56. The first-order chi connectivity index (χ1) is 9.93. The van der Waals surface area contributed by atoms with Crippen LogP contribution in [0.15, 0.2) is 12.1 Å². The van der Waals surface area contributed by atoms with Gasteiger partial charge < -0.3 is 10.2 Å². The van der Waals surface area contributed by atoms with E-state index in [0.717, 1.165) is 17.0 Å². The van der Waals surface area contributed by atoms with Crippen LogP contribution in [-0.2, 0) is 9.59 Å². The highest BCUT2D eigenvalue weighted by molar-refractivity contribution is 6.01. The molecule has 1 aliphatic rings. The summed E-state index contributed by atoms with van der Waals surface area (Å²) in [5, 5.41) is 2.58. The zero-order valence-electron chi connectivity index (χ0n) is 11.5. The third-order valence-electron chi connectivity index (χ3n) is 3.32. The van der Waals surface area contributed by atoms with E-state index in [4.69, 9.17) is 0 Å². The molecule has 1 unspecified atom stereocenters. The molecule has 2 rings (SSSR count). The number of nitrogens with one attached hydrogen (secondary N) is 1. The summed E-state index contributed by atoms with van der Waals surface area (Å²) in [6.45, 7) is 1.85. The third kappa shape index (κ3) is 3.17. The molecule has 0 aromatic heterocycles. The van der Waals surface area contributed by atoms with Crippen molar-refractivity contribution in [2.75, 3.05) is 11.4 Å². The Balaban J connectivity index is 2.36. The number of carbonyl (C=O) groups excluding carboxylic acids is 2. The highest BCUT2D eigenvalue weighted by Gasteiger charge is 2.30. The summed E-state index contributed by atoms with van der Waals surface area (Å²) >= 11 is 0. The summed E-state index contributed by atoms with van der Waals surface area (Å²) in [7, 11) is 0. The van der Waals surface area contributed by atoms with Gasteiger partial charge in [-0.05, 0) is 6.42 Å². The minimum atomic E-state index is -1.58. The van der Waals surface area contributed by atoms with Gasteiger partial charge in [0.1, 0.15) is 6.04 Å². The molecule has 21 heavy (non-hydrogen) atoms. The summed E-state index contributed by atoms with van der Waals surface area (Å²) in [5.74, 6) is -5.07. The van der Waals surface area contributed by atoms with E-state index in [0.29, 0.717) is 12.8 Å². The fraction of sp³-hybridized carbons (Fsp3) is 0.429. The van der Waals surface area contributed by atoms with Gasteiger partial charge in [0.05, 0.1) is 0 Å². The van der Waals surface area contributed by atoms with E-state index < -0.39 is 29.4 Å². The Bertz CT molecular complexity index is 554. The maximum Gasteiger partial charge on any atom is 0.249 e. The van der Waals surface area contributed by atoms with E-state index in [1.54, 1.807) is 0 Å². The van der Waals surface area contributed by atoms with E-state index in [9.17, 15) is 22.8 Å². The minimum absolute atomic E-state index is 0.00457. The van der Waals surface area contributed by atoms with Gasteiger partial charge in [0.25, 0.3) is 0 Å². The molecule has 1 heterocycles. The maximum atomic E-state index is 13.3. The van der Waals surface area contributed by atoms with Crippen molar-refractivity contribution in [3.63, 3.8) is 0 Å². The summed E-state index contributed by atoms with van der Waals surface area (Å²) in [4.78, 5) is 25.1. The van der Waals surface area contributed by atoms with Crippen LogP contribution in [0, 0.1) is 17.5 Å². The summed E-state index contributed by atoms with van der Waals surface area (Å²) < 4.78 is 39.6. The monoisotopic (exact) mass is 300 g/mol. The van der Waals surface area contributed by atoms with E-state index in [1.807, 2.05) is 6.92 Å². The van der Waals surface area contributed by atoms with Gasteiger partial charge in [-0.3, -0.25) is 9.59 Å². The smallest absolute Gasteiger partial charge is 0.249 e. The lowest BCUT2D eigenvalue weighted by Crippen LogP contribution is -2.44. The van der Waals surface area contributed by atoms with E-state index >= 15 is 0 Å². The van der Waals surface area contributed by atoms with Gasteiger partial charge in [-0.25, -0.2) is 13.2 Å². The second-order valence-electron chi connectivity index (χ2n) is 4.87. The molecule has 0 aliphatic carbocycles. The van der Waals surface area contributed by atoms with Crippen molar-refractivity contribution in [1.29, 1.82) is 0 Å². The Labute approximate surface area is 119 Å². The topological polar surface area (TPSA) is 49.4 Å². The molecule has 1 aromatic rings. The van der Waals surface area contributed by atoms with Gasteiger partial charge in [0, 0.05) is 30.8 Å². The molecule has 4 nitrogen and oxygen atoms in total. The molecule has 7 heteroatoms. The molecule has 1 saturated heterocycles. The zero-order valence-corrected chi connectivity index (χ0v) is 11.5. The van der Waals surface area contributed by atoms with Crippen LogP contribution in [0.3, 0.4) is 0 Å². The number of hydrogen-bond donors (Lipinski definition) is 1. The van der Waals surface area contributed by atoms with Gasteiger partial charge in [0.2, 0.25) is 11.8 Å². The summed E-state index contributed by atoms with van der Waals surface area (Å²) in [6.07, 6.45) is 1.11. The van der Waals surface area contributed by atoms with Gasteiger partial charge in [-0.1, -0.05) is 13.3 Å². The standard InChI is InChI=1S/C14H15F3N2O2/c1-2-3-11-14(21)19(5-4-12(20)18-11)8-6-9(15)13(17)10(16)7-8/h6-7,11H,2-5H2,1H3,(H,18,20). The second kappa shape index (κ2) is 6.15. The van der Waals surface area contributed by atoms with E-state index in [1.165, 1.54) is 0 Å². The largest absolute Gasteiger partial charge is 0.344 e. The van der Waals surface area contributed by atoms with Crippen molar-refractivity contribution in [2.24, 2.45) is 0 Å². The number of halogens is 3. The van der Waals surface area contributed by atoms with Crippen molar-refractivity contribution in [3.05, 3.63) is 29.6 Å². The lowest BCUT2D eigenvalue weighted by atomic mass is 10.1. The van der Waals surface area contributed by atoms with E-state index in [2.05, 4.69) is 5.32 Å². The first-order valence-corrected chi connectivity index (χ1v) is 6.69. The van der Waals surface area contributed by atoms with Crippen LogP contribution in [0.4, 0.5) is 18.9 Å². The van der Waals surface area contributed by atoms with Crippen LogP contribution in [0.25, 0.3) is 0 Å². The van der Waals surface area contributed by atoms with Gasteiger partial charge in [0.15, 0.2) is 17.5 Å². The second-order valence-corrected chi connectivity index (χ2v) is 4.87. The fourth-order valence-electron chi connectivity index (χ4n) is 2.28. The lowest BCUT2D eigenvalue weighted by molar-refractivity contribution is -0.125. The number of carbonyl (C=O) groups is 2. The fourth-order valence-corrected chi connectivity index (χ4v) is 2.28. The van der Waals surface area contributed by atoms with Gasteiger partial charge >= 0.3 is 0 Å². The maximum absolute atomic E-state index is 13.3. The molecule has 1 N–H and O–H groups in total. The first-order valence-electron chi connectivity index (χ1n) is 6.69. The Morgan fingerprint density at radius 3 is 2.43 bits per heavy atom. The van der Waals surface area contributed by atoms with Crippen LogP contribution in [0.5, 0.6) is 0 Å². The van der Waals surface area contributed by atoms with Gasteiger partial charge in [-0.15, -0.1) is 0 Å². The molecule has 2 amide bonds. The SMILES string of the molecule is CCCC1NC(=O)CCN(c2cc(F)c(F)c(F)c2)C1=O. The molecule has 114 valence electrons. The number of benzene rings is 1. The number of hydrogen-bond acceptors (Lipinski definition) is 2. The van der Waals surface area contributed by atoms with Crippen molar-refractivity contribution in [1.82, 2.24) is 5.32 Å². The molecule has 0 bridgehead atoms. The van der Waals surface area contributed by atoms with Gasteiger partial charge in [-0.2, -0.15) is 0 Å². The van der Waals surface area contributed by atoms with Crippen molar-refractivity contribution in [3.8, 4) is 0 Å². The molecular formula is C14H15F3N2O2. The van der Waals surface area contributed by atoms with Crippen molar-refractivity contribution in [2.45, 2.75) is 32.2 Å². The Morgan fingerprint density at radius 1 is 1.24 bits per heavy atom. The van der Waals surface area contributed by atoms with Crippen molar-refractivity contribution < 1.29 is 22.8 Å². The van der Waals surface area contributed by atoms with Crippen LogP contribution in [0.2, 0.25) is 0 Å². The molecule has 1 fully saturated rings. The van der Waals surface area contributed by atoms with Crippen LogP contribution in [-0.4, -0.2) is 24.4 Å². The normalized spacial score (nSPS) is 19.4. The summed E-state index contributed by atoms with van der Waals surface area (Å²) in [5.41, 5.74) is -0.0889. The molecule has 0 saturated carbocycles. The Hall–Kier alpha value is -2.05. The first kappa shape index (κ1) is 15.3. The van der Waals surface area contributed by atoms with Crippen LogP contribution in [0.1, 0.15) is 26.2 Å². The highest BCUT2D eigenvalue weighted by Crippen LogP contribution is 2.23. The third-order valence-corrected chi connectivity index (χ3v) is 3.32. The molecule has 1 aliphatic heterocycles. The quantitative estimate of drug-likeness (QED) is 0.869. The predicted molar refractivity (Wildman–Crippen MR) is 70.1 cm³/mol. The molecule has 1 aromatic carbocycles. The Kier molecular flexibility index (Phi) is 4.50. The number of amides is 2. The van der Waals surface area contributed by atoms with Crippen molar-refractivity contribution >= 4 is 17.5 Å².